The summed E-state index contributed by atoms with van der Waals surface area (Å²) in [6.07, 6.45) is 7.39. The van der Waals surface area contributed by atoms with Gasteiger partial charge in [-0.05, 0) is 32.9 Å². The number of rotatable bonds is 4. The second-order valence-electron chi connectivity index (χ2n) is 3.58. The molecule has 1 heterocycles. The molecular weight excluding hydrogens is 166 g/mol. The van der Waals surface area contributed by atoms with Crippen LogP contribution in [0.3, 0.4) is 0 Å². The van der Waals surface area contributed by atoms with E-state index in [4.69, 9.17) is 5.11 Å². The molecule has 1 rings (SSSR count). The zero-order valence-corrected chi connectivity index (χ0v) is 8.07. The first-order valence-electron chi connectivity index (χ1n) is 4.77. The van der Waals surface area contributed by atoms with E-state index in [1.54, 1.807) is 6.08 Å². The molecule has 1 aliphatic heterocycles. The third kappa shape index (κ3) is 3.59. The van der Waals surface area contributed by atoms with Crippen molar-refractivity contribution in [1.29, 1.82) is 0 Å². The minimum absolute atomic E-state index is 0.149. The Hall–Kier alpha value is -0.830. The lowest BCUT2D eigenvalue weighted by Gasteiger charge is -2.16. The SMILES string of the molecule is CN1CCCC1C/C=C\CC(=O)O. The van der Waals surface area contributed by atoms with Crippen LogP contribution in [-0.4, -0.2) is 35.6 Å². The molecule has 1 N–H and O–H groups in total. The van der Waals surface area contributed by atoms with Gasteiger partial charge >= 0.3 is 5.97 Å². The van der Waals surface area contributed by atoms with Crippen LogP contribution < -0.4 is 0 Å². The number of hydrogen-bond acceptors (Lipinski definition) is 2. The summed E-state index contributed by atoms with van der Waals surface area (Å²) in [5.74, 6) is -0.754. The van der Waals surface area contributed by atoms with Gasteiger partial charge in [0.25, 0.3) is 0 Å². The number of nitrogens with zero attached hydrogens (tertiary/aromatic N) is 1. The summed E-state index contributed by atoms with van der Waals surface area (Å²) in [5.41, 5.74) is 0. The minimum atomic E-state index is -0.754. The molecule has 0 aliphatic carbocycles. The summed E-state index contributed by atoms with van der Waals surface area (Å²) in [5, 5.41) is 8.40. The molecule has 3 heteroatoms. The zero-order valence-electron chi connectivity index (χ0n) is 8.07. The maximum absolute atomic E-state index is 10.2. The van der Waals surface area contributed by atoms with Gasteiger partial charge in [0, 0.05) is 6.04 Å². The van der Waals surface area contributed by atoms with Crippen LogP contribution in [-0.2, 0) is 4.79 Å². The van der Waals surface area contributed by atoms with Gasteiger partial charge in [-0.15, -0.1) is 0 Å². The van der Waals surface area contributed by atoms with Gasteiger partial charge in [-0.2, -0.15) is 0 Å². The molecule has 0 saturated carbocycles. The fraction of sp³-hybridized carbons (Fsp3) is 0.700. The van der Waals surface area contributed by atoms with E-state index >= 15 is 0 Å². The van der Waals surface area contributed by atoms with Crippen molar-refractivity contribution in [3.8, 4) is 0 Å². The van der Waals surface area contributed by atoms with E-state index in [9.17, 15) is 4.79 Å². The van der Waals surface area contributed by atoms with Crippen molar-refractivity contribution < 1.29 is 9.90 Å². The molecule has 1 atom stereocenters. The largest absolute Gasteiger partial charge is 0.481 e. The van der Waals surface area contributed by atoms with E-state index in [2.05, 4.69) is 11.9 Å². The van der Waals surface area contributed by atoms with E-state index in [1.165, 1.54) is 19.4 Å². The third-order valence-electron chi connectivity index (χ3n) is 2.54. The highest BCUT2D eigenvalue weighted by Crippen LogP contribution is 2.17. The van der Waals surface area contributed by atoms with Gasteiger partial charge in [-0.25, -0.2) is 0 Å². The molecule has 3 nitrogen and oxygen atoms in total. The first-order chi connectivity index (χ1) is 6.20. The van der Waals surface area contributed by atoms with Crippen molar-refractivity contribution in [2.75, 3.05) is 13.6 Å². The van der Waals surface area contributed by atoms with Gasteiger partial charge in [0.1, 0.15) is 0 Å². The first-order valence-corrected chi connectivity index (χ1v) is 4.77. The van der Waals surface area contributed by atoms with Crippen molar-refractivity contribution in [1.82, 2.24) is 4.90 Å². The number of carboxylic acids is 1. The van der Waals surface area contributed by atoms with Gasteiger partial charge in [0.05, 0.1) is 6.42 Å². The fourth-order valence-corrected chi connectivity index (χ4v) is 1.71. The van der Waals surface area contributed by atoms with Crippen molar-refractivity contribution in [2.24, 2.45) is 0 Å². The number of hydrogen-bond donors (Lipinski definition) is 1. The number of aliphatic carboxylic acids is 1. The highest BCUT2D eigenvalue weighted by atomic mass is 16.4. The van der Waals surface area contributed by atoms with E-state index < -0.39 is 5.97 Å². The molecule has 1 aliphatic rings. The predicted molar refractivity (Wildman–Crippen MR) is 51.7 cm³/mol. The average molecular weight is 183 g/mol. The highest BCUT2D eigenvalue weighted by Gasteiger charge is 2.18. The van der Waals surface area contributed by atoms with Crippen molar-refractivity contribution in [3.63, 3.8) is 0 Å². The summed E-state index contributed by atoms with van der Waals surface area (Å²) >= 11 is 0. The number of likely N-dealkylation sites (tertiary alicyclic amines) is 1. The molecule has 0 radical (unpaired) electrons. The molecule has 0 aromatic rings. The Morgan fingerprint density at radius 1 is 1.62 bits per heavy atom. The molecule has 0 aromatic carbocycles. The Balaban J connectivity index is 2.17. The van der Waals surface area contributed by atoms with Gasteiger partial charge in [0.2, 0.25) is 0 Å². The molecule has 0 bridgehead atoms. The minimum Gasteiger partial charge on any atom is -0.481 e. The van der Waals surface area contributed by atoms with Gasteiger partial charge in [-0.3, -0.25) is 4.79 Å². The quantitative estimate of drug-likeness (QED) is 0.671. The molecule has 0 amide bonds. The zero-order chi connectivity index (χ0) is 9.68. The van der Waals surface area contributed by atoms with Crippen molar-refractivity contribution in [2.45, 2.75) is 31.7 Å². The summed E-state index contributed by atoms with van der Waals surface area (Å²) in [6, 6.07) is 0.630. The van der Waals surface area contributed by atoms with E-state index in [1.807, 2.05) is 6.08 Å². The van der Waals surface area contributed by atoms with Crippen LogP contribution in [0.4, 0.5) is 0 Å². The van der Waals surface area contributed by atoms with Crippen LogP contribution in [0.5, 0.6) is 0 Å². The number of carbonyl (C=O) groups is 1. The fourth-order valence-electron chi connectivity index (χ4n) is 1.71. The molecule has 74 valence electrons. The summed E-state index contributed by atoms with van der Waals surface area (Å²) in [6.45, 7) is 1.18. The van der Waals surface area contributed by atoms with Gasteiger partial charge in [0.15, 0.2) is 0 Å². The standard InChI is InChI=1S/C10H17NO2/c1-11-8-4-6-9(11)5-2-3-7-10(12)13/h2-3,9H,4-8H2,1H3,(H,12,13)/b3-2-. The van der Waals surface area contributed by atoms with Crippen molar-refractivity contribution in [3.05, 3.63) is 12.2 Å². The van der Waals surface area contributed by atoms with Crippen molar-refractivity contribution >= 4 is 5.97 Å². The molecule has 13 heavy (non-hydrogen) atoms. The Morgan fingerprint density at radius 3 is 2.92 bits per heavy atom. The van der Waals surface area contributed by atoms with Crippen LogP contribution in [0.2, 0.25) is 0 Å². The van der Waals surface area contributed by atoms with Crippen LogP contribution in [0.25, 0.3) is 0 Å². The summed E-state index contributed by atoms with van der Waals surface area (Å²) in [4.78, 5) is 12.5. The Kier molecular flexibility index (Phi) is 3.96. The lowest BCUT2D eigenvalue weighted by Crippen LogP contribution is -2.23. The monoisotopic (exact) mass is 183 g/mol. The second kappa shape index (κ2) is 5.02. The normalized spacial score (nSPS) is 24.2. The molecule has 1 saturated heterocycles. The van der Waals surface area contributed by atoms with Gasteiger partial charge in [-0.1, -0.05) is 12.2 Å². The maximum Gasteiger partial charge on any atom is 0.307 e. The second-order valence-corrected chi connectivity index (χ2v) is 3.58. The van der Waals surface area contributed by atoms with Crippen LogP contribution in [0.1, 0.15) is 25.7 Å². The Morgan fingerprint density at radius 2 is 2.38 bits per heavy atom. The summed E-state index contributed by atoms with van der Waals surface area (Å²) < 4.78 is 0. The Bertz CT molecular complexity index is 201. The topological polar surface area (TPSA) is 40.5 Å². The molecular formula is C10H17NO2. The molecule has 0 aromatic heterocycles. The molecule has 0 spiro atoms. The van der Waals surface area contributed by atoms with E-state index in [0.717, 1.165) is 6.42 Å². The summed E-state index contributed by atoms with van der Waals surface area (Å²) in [7, 11) is 2.13. The predicted octanol–water partition coefficient (Wildman–Crippen LogP) is 1.50. The molecule has 1 unspecified atom stereocenters. The molecule has 1 fully saturated rings. The third-order valence-corrected chi connectivity index (χ3v) is 2.54. The van der Waals surface area contributed by atoms with E-state index in [-0.39, 0.29) is 6.42 Å². The lowest BCUT2D eigenvalue weighted by molar-refractivity contribution is -0.136. The van der Waals surface area contributed by atoms with Crippen LogP contribution in [0, 0.1) is 0 Å². The van der Waals surface area contributed by atoms with Crippen LogP contribution >= 0.6 is 0 Å². The van der Waals surface area contributed by atoms with Gasteiger partial charge < -0.3 is 10.0 Å². The highest BCUT2D eigenvalue weighted by molar-refractivity contribution is 5.68. The number of carboxylic acid groups (broad SMARTS) is 1. The van der Waals surface area contributed by atoms with E-state index in [0.29, 0.717) is 6.04 Å². The smallest absolute Gasteiger partial charge is 0.307 e. The Labute approximate surface area is 79.0 Å². The van der Waals surface area contributed by atoms with Crippen LogP contribution in [0.15, 0.2) is 12.2 Å². The lowest BCUT2D eigenvalue weighted by atomic mass is 10.1. The maximum atomic E-state index is 10.2. The first kappa shape index (κ1) is 10.3. The average Bonchev–Trinajstić information content (AvgIpc) is 2.45.